The molecule has 0 spiro atoms. The van der Waals surface area contributed by atoms with Gasteiger partial charge in [-0.15, -0.1) is 0 Å². The Balaban J connectivity index is 2.30. The molecule has 2 aromatic heterocycles. The standard InChI is InChI=1S/C11H10ClN3O/c12-9-1-2-11(13)14-10(9)7-15-5-3-8(16)4-6-15/h1-6H,7H2,(H2,13,14). The highest BCUT2D eigenvalue weighted by molar-refractivity contribution is 6.31. The van der Waals surface area contributed by atoms with Gasteiger partial charge in [0.1, 0.15) is 5.82 Å². The van der Waals surface area contributed by atoms with Crippen LogP contribution in [0.4, 0.5) is 5.82 Å². The molecule has 0 aliphatic carbocycles. The van der Waals surface area contributed by atoms with E-state index < -0.39 is 0 Å². The Morgan fingerprint density at radius 3 is 2.62 bits per heavy atom. The van der Waals surface area contributed by atoms with Crippen LogP contribution in [0.15, 0.2) is 41.5 Å². The van der Waals surface area contributed by atoms with Crippen LogP contribution in [0, 0.1) is 0 Å². The van der Waals surface area contributed by atoms with Gasteiger partial charge in [-0.1, -0.05) is 11.6 Å². The van der Waals surface area contributed by atoms with Gasteiger partial charge in [-0.05, 0) is 12.1 Å². The Kier molecular flexibility index (Phi) is 2.92. The minimum absolute atomic E-state index is 0.0251. The van der Waals surface area contributed by atoms with E-state index in [0.717, 1.165) is 0 Å². The first-order valence-corrected chi connectivity index (χ1v) is 5.10. The Labute approximate surface area is 97.3 Å². The first kappa shape index (κ1) is 10.7. The average molecular weight is 236 g/mol. The number of anilines is 1. The van der Waals surface area contributed by atoms with E-state index in [1.54, 1.807) is 24.5 Å². The second-order valence-electron chi connectivity index (χ2n) is 3.37. The van der Waals surface area contributed by atoms with Crippen molar-refractivity contribution in [1.82, 2.24) is 9.55 Å². The number of halogens is 1. The Bertz CT molecular complexity index is 545. The summed E-state index contributed by atoms with van der Waals surface area (Å²) in [5.41, 5.74) is 6.24. The van der Waals surface area contributed by atoms with E-state index in [1.165, 1.54) is 12.1 Å². The second kappa shape index (κ2) is 4.37. The SMILES string of the molecule is Nc1ccc(Cl)c(Cn2ccc(=O)cc2)n1. The van der Waals surface area contributed by atoms with E-state index in [4.69, 9.17) is 17.3 Å². The lowest BCUT2D eigenvalue weighted by atomic mass is 10.3. The zero-order valence-electron chi connectivity index (χ0n) is 8.43. The molecule has 2 aromatic rings. The quantitative estimate of drug-likeness (QED) is 0.859. The van der Waals surface area contributed by atoms with Gasteiger partial charge in [-0.25, -0.2) is 4.98 Å². The van der Waals surface area contributed by atoms with Crippen LogP contribution in [0.3, 0.4) is 0 Å². The molecule has 0 saturated heterocycles. The predicted molar refractivity (Wildman–Crippen MR) is 63.5 cm³/mol. The van der Waals surface area contributed by atoms with Gasteiger partial charge < -0.3 is 10.3 Å². The summed E-state index contributed by atoms with van der Waals surface area (Å²) in [5.74, 6) is 0.431. The highest BCUT2D eigenvalue weighted by atomic mass is 35.5. The fourth-order valence-corrected chi connectivity index (χ4v) is 1.50. The maximum absolute atomic E-state index is 10.9. The molecule has 0 aliphatic rings. The van der Waals surface area contributed by atoms with Gasteiger partial charge in [0, 0.05) is 24.5 Å². The molecule has 5 heteroatoms. The summed E-state index contributed by atoms with van der Waals surface area (Å²) in [4.78, 5) is 15.1. The van der Waals surface area contributed by atoms with E-state index in [2.05, 4.69) is 4.98 Å². The third kappa shape index (κ3) is 2.41. The highest BCUT2D eigenvalue weighted by Crippen LogP contribution is 2.15. The summed E-state index contributed by atoms with van der Waals surface area (Å²) in [5, 5.41) is 0.563. The number of nitrogens with two attached hydrogens (primary N) is 1. The number of hydrogen-bond acceptors (Lipinski definition) is 3. The molecule has 2 heterocycles. The van der Waals surface area contributed by atoms with Crippen LogP contribution in [-0.4, -0.2) is 9.55 Å². The summed E-state index contributed by atoms with van der Waals surface area (Å²) in [6, 6.07) is 6.33. The molecule has 0 aliphatic heterocycles. The van der Waals surface area contributed by atoms with E-state index in [9.17, 15) is 4.79 Å². The maximum atomic E-state index is 10.9. The summed E-state index contributed by atoms with van der Waals surface area (Å²) in [6.07, 6.45) is 3.37. The van der Waals surface area contributed by atoms with Gasteiger partial charge >= 0.3 is 0 Å². The minimum Gasteiger partial charge on any atom is -0.384 e. The van der Waals surface area contributed by atoms with Crippen molar-refractivity contribution in [2.24, 2.45) is 0 Å². The lowest BCUT2D eigenvalue weighted by Gasteiger charge is -2.07. The molecular formula is C11H10ClN3O. The maximum Gasteiger partial charge on any atom is 0.181 e. The van der Waals surface area contributed by atoms with E-state index in [-0.39, 0.29) is 5.43 Å². The molecule has 0 aromatic carbocycles. The molecule has 82 valence electrons. The van der Waals surface area contributed by atoms with Crippen LogP contribution < -0.4 is 11.2 Å². The number of aromatic nitrogens is 2. The fourth-order valence-electron chi connectivity index (χ4n) is 1.33. The normalized spacial score (nSPS) is 10.3. The minimum atomic E-state index is -0.0251. The van der Waals surface area contributed by atoms with Crippen molar-refractivity contribution in [3.05, 3.63) is 57.6 Å². The lowest BCUT2D eigenvalue weighted by Crippen LogP contribution is -2.07. The van der Waals surface area contributed by atoms with Crippen LogP contribution in [0.25, 0.3) is 0 Å². The molecule has 0 saturated carbocycles. The fraction of sp³-hybridized carbons (Fsp3) is 0.0909. The van der Waals surface area contributed by atoms with Crippen molar-refractivity contribution in [3.8, 4) is 0 Å². The van der Waals surface area contributed by atoms with Crippen molar-refractivity contribution in [2.45, 2.75) is 6.54 Å². The smallest absolute Gasteiger partial charge is 0.181 e. The lowest BCUT2D eigenvalue weighted by molar-refractivity contribution is 0.767. The Morgan fingerprint density at radius 1 is 1.25 bits per heavy atom. The molecule has 0 amide bonds. The van der Waals surface area contributed by atoms with Crippen molar-refractivity contribution in [3.63, 3.8) is 0 Å². The highest BCUT2D eigenvalue weighted by Gasteiger charge is 2.02. The van der Waals surface area contributed by atoms with Gasteiger partial charge in [-0.3, -0.25) is 4.79 Å². The third-order valence-corrected chi connectivity index (χ3v) is 2.48. The molecule has 4 nitrogen and oxygen atoms in total. The van der Waals surface area contributed by atoms with E-state index in [1.807, 2.05) is 4.57 Å². The topological polar surface area (TPSA) is 60.9 Å². The zero-order valence-corrected chi connectivity index (χ0v) is 9.19. The molecule has 2 rings (SSSR count). The number of hydrogen-bond donors (Lipinski definition) is 1. The van der Waals surface area contributed by atoms with Crippen LogP contribution in [0.2, 0.25) is 5.02 Å². The van der Waals surface area contributed by atoms with E-state index >= 15 is 0 Å². The first-order valence-electron chi connectivity index (χ1n) is 4.72. The van der Waals surface area contributed by atoms with Crippen molar-refractivity contribution < 1.29 is 0 Å². The molecular weight excluding hydrogens is 226 g/mol. The monoisotopic (exact) mass is 235 g/mol. The summed E-state index contributed by atoms with van der Waals surface area (Å²) >= 11 is 5.98. The van der Waals surface area contributed by atoms with Gasteiger partial charge in [-0.2, -0.15) is 0 Å². The van der Waals surface area contributed by atoms with Gasteiger partial charge in [0.05, 0.1) is 17.3 Å². The van der Waals surface area contributed by atoms with Gasteiger partial charge in [0.25, 0.3) is 0 Å². The number of nitrogens with zero attached hydrogens (tertiary/aromatic N) is 2. The summed E-state index contributed by atoms with van der Waals surface area (Å²) in [7, 11) is 0. The summed E-state index contributed by atoms with van der Waals surface area (Å²) in [6.45, 7) is 0.490. The average Bonchev–Trinajstić information content (AvgIpc) is 2.27. The molecule has 16 heavy (non-hydrogen) atoms. The molecule has 0 radical (unpaired) electrons. The van der Waals surface area contributed by atoms with Gasteiger partial charge in [0.15, 0.2) is 5.43 Å². The molecule has 0 bridgehead atoms. The Morgan fingerprint density at radius 2 is 1.94 bits per heavy atom. The van der Waals surface area contributed by atoms with E-state index in [0.29, 0.717) is 23.1 Å². The number of nitrogen functional groups attached to an aromatic ring is 1. The largest absolute Gasteiger partial charge is 0.384 e. The third-order valence-electron chi connectivity index (χ3n) is 2.13. The van der Waals surface area contributed by atoms with Crippen LogP contribution >= 0.6 is 11.6 Å². The number of rotatable bonds is 2. The zero-order chi connectivity index (χ0) is 11.5. The van der Waals surface area contributed by atoms with Crippen molar-refractivity contribution in [1.29, 1.82) is 0 Å². The van der Waals surface area contributed by atoms with Crippen LogP contribution in [-0.2, 0) is 6.54 Å². The van der Waals surface area contributed by atoms with Crippen LogP contribution in [0.1, 0.15) is 5.69 Å². The van der Waals surface area contributed by atoms with Crippen LogP contribution in [0.5, 0.6) is 0 Å². The number of pyridine rings is 2. The Hall–Kier alpha value is -1.81. The first-order chi connectivity index (χ1) is 7.65. The molecule has 0 unspecified atom stereocenters. The predicted octanol–water partition coefficient (Wildman–Crippen LogP) is 1.53. The molecule has 2 N–H and O–H groups in total. The van der Waals surface area contributed by atoms with Crippen molar-refractivity contribution in [2.75, 3.05) is 5.73 Å². The van der Waals surface area contributed by atoms with Gasteiger partial charge in [0.2, 0.25) is 0 Å². The van der Waals surface area contributed by atoms with Crippen molar-refractivity contribution >= 4 is 17.4 Å². The molecule has 0 atom stereocenters. The molecule has 0 fully saturated rings. The second-order valence-corrected chi connectivity index (χ2v) is 3.78. The summed E-state index contributed by atoms with van der Waals surface area (Å²) < 4.78 is 1.81.